The van der Waals surface area contributed by atoms with Crippen LogP contribution in [0, 0.1) is 15.5 Å². The molecule has 318 valence electrons. The number of likely N-dealkylation sites (tertiary alicyclic amines) is 1. The van der Waals surface area contributed by atoms with Gasteiger partial charge in [0.2, 0.25) is 0 Å². The number of ether oxygens (including phenoxy) is 2. The molecule has 5 aromatic rings. The maximum Gasteiger partial charge on any atom is 0.297 e. The summed E-state index contributed by atoms with van der Waals surface area (Å²) in [5.74, 6) is 0.127. The number of aromatic amines is 1. The van der Waals surface area contributed by atoms with Crippen molar-refractivity contribution in [2.75, 3.05) is 36.5 Å². The molecule has 15 heteroatoms. The van der Waals surface area contributed by atoms with E-state index in [1.807, 2.05) is 12.1 Å². The lowest BCUT2D eigenvalue weighted by atomic mass is 9.59. The van der Waals surface area contributed by atoms with Crippen molar-refractivity contribution in [1.29, 1.82) is 0 Å². The number of H-pyrrole nitrogens is 1. The molecule has 2 aromatic heterocycles. The second-order valence-corrected chi connectivity index (χ2v) is 19.8. The Hall–Kier alpha value is -5.67. The number of hydrogen-bond acceptors (Lipinski definition) is 11. The summed E-state index contributed by atoms with van der Waals surface area (Å²) >= 11 is 0. The third kappa shape index (κ3) is 7.24. The first kappa shape index (κ1) is 39.5. The van der Waals surface area contributed by atoms with E-state index in [4.69, 9.17) is 9.47 Å². The third-order valence-corrected chi connectivity index (χ3v) is 15.4. The van der Waals surface area contributed by atoms with E-state index in [1.54, 1.807) is 30.6 Å². The molecule has 1 amide bonds. The molecule has 2 aliphatic carbocycles. The van der Waals surface area contributed by atoms with Crippen LogP contribution in [-0.2, 0) is 10.0 Å². The van der Waals surface area contributed by atoms with Gasteiger partial charge in [-0.15, -0.1) is 0 Å². The van der Waals surface area contributed by atoms with Gasteiger partial charge in [-0.05, 0) is 111 Å². The molecule has 0 radical (unpaired) electrons. The van der Waals surface area contributed by atoms with Crippen LogP contribution in [0.5, 0.6) is 17.2 Å². The number of benzene rings is 3. The summed E-state index contributed by atoms with van der Waals surface area (Å²) < 4.78 is 42.0. The Kier molecular flexibility index (Phi) is 9.74. The van der Waals surface area contributed by atoms with Crippen LogP contribution in [0.25, 0.3) is 11.0 Å². The molecule has 14 nitrogen and oxygen atoms in total. The average molecular weight is 846 g/mol. The van der Waals surface area contributed by atoms with Crippen LogP contribution in [0.15, 0.2) is 84.0 Å². The summed E-state index contributed by atoms with van der Waals surface area (Å²) in [5, 5.41) is 16.2. The largest absolute Gasteiger partial charge is 0.489 e. The first-order valence-electron chi connectivity index (χ1n) is 21.5. The Morgan fingerprint density at radius 1 is 1.02 bits per heavy atom. The molecule has 10 rings (SSSR count). The van der Waals surface area contributed by atoms with Crippen molar-refractivity contribution < 1.29 is 27.6 Å². The van der Waals surface area contributed by atoms with Gasteiger partial charge in [-0.25, -0.2) is 18.1 Å². The second-order valence-electron chi connectivity index (χ2n) is 18.2. The predicted octanol–water partition coefficient (Wildman–Crippen LogP) is 8.82. The van der Waals surface area contributed by atoms with Crippen LogP contribution in [0.1, 0.15) is 105 Å². The predicted molar refractivity (Wildman–Crippen MR) is 232 cm³/mol. The van der Waals surface area contributed by atoms with Gasteiger partial charge in [0.1, 0.15) is 23.8 Å². The number of aromatic nitrogens is 2. The number of carbonyl (C=O) groups is 1. The fourth-order valence-corrected chi connectivity index (χ4v) is 11.5. The van der Waals surface area contributed by atoms with Crippen molar-refractivity contribution in [3.8, 4) is 17.2 Å². The summed E-state index contributed by atoms with van der Waals surface area (Å²) in [6, 6.07) is 21.1. The maximum atomic E-state index is 14.0. The Labute approximate surface area is 355 Å². The van der Waals surface area contributed by atoms with Crippen LogP contribution in [0.3, 0.4) is 0 Å². The molecule has 0 bridgehead atoms. The monoisotopic (exact) mass is 845 g/mol. The quantitative estimate of drug-likeness (QED) is 0.0906. The van der Waals surface area contributed by atoms with E-state index in [0.29, 0.717) is 34.8 Å². The first-order valence-corrected chi connectivity index (χ1v) is 23.0. The number of amides is 1. The van der Waals surface area contributed by atoms with Crippen molar-refractivity contribution in [2.24, 2.45) is 5.41 Å². The zero-order valence-electron chi connectivity index (χ0n) is 34.5. The highest BCUT2D eigenvalue weighted by atomic mass is 32.2. The zero-order chi connectivity index (χ0) is 42.1. The number of nitro benzene ring substituents is 1. The number of sulfonamides is 1. The SMILES string of the molecule is CC(C)c1ccccc1[C@@H]1CCCN1C1CC2(CCN(c3ccc(C(=O)NS(=O)(=O)c4cc5c(c([N+](=O)[O-])c4)NC4(CCC4)CO5)c(Oc4cnc5[nH]ccc5c4)c3)CC2)C1. The van der Waals surface area contributed by atoms with Crippen molar-refractivity contribution in [3.63, 3.8) is 0 Å². The van der Waals surface area contributed by atoms with Crippen molar-refractivity contribution >= 4 is 44.0 Å². The maximum absolute atomic E-state index is 14.0. The molecule has 5 heterocycles. The highest BCUT2D eigenvalue weighted by molar-refractivity contribution is 7.90. The molecule has 2 spiro atoms. The molecular weight excluding hydrogens is 795 g/mol. The highest BCUT2D eigenvalue weighted by Gasteiger charge is 2.50. The second kappa shape index (κ2) is 15.0. The molecule has 3 N–H and O–H groups in total. The van der Waals surface area contributed by atoms with E-state index in [9.17, 15) is 23.3 Å². The molecule has 3 aliphatic heterocycles. The zero-order valence-corrected chi connectivity index (χ0v) is 35.3. The van der Waals surface area contributed by atoms with E-state index in [0.717, 1.165) is 68.9 Å². The molecule has 5 aliphatic rings. The summed E-state index contributed by atoms with van der Waals surface area (Å²) in [6.45, 7) is 7.68. The lowest BCUT2D eigenvalue weighted by Crippen LogP contribution is -2.54. The van der Waals surface area contributed by atoms with Crippen LogP contribution < -0.4 is 24.4 Å². The Bertz CT molecular complexity index is 2640. The number of piperidine rings is 1. The topological polar surface area (TPSA) is 172 Å². The van der Waals surface area contributed by atoms with Gasteiger partial charge in [0, 0.05) is 60.6 Å². The van der Waals surface area contributed by atoms with E-state index in [1.165, 1.54) is 42.9 Å². The molecule has 3 aromatic carbocycles. The minimum absolute atomic E-state index is 0.0201. The van der Waals surface area contributed by atoms with Crippen molar-refractivity contribution in [2.45, 2.75) is 100 Å². The molecular formula is C46H51N7O7S. The summed E-state index contributed by atoms with van der Waals surface area (Å²) in [4.78, 5) is 37.7. The average Bonchev–Trinajstić information content (AvgIpc) is 3.91. The highest BCUT2D eigenvalue weighted by Crippen LogP contribution is 2.54. The van der Waals surface area contributed by atoms with E-state index in [2.05, 4.69) is 67.9 Å². The number of nitro groups is 1. The van der Waals surface area contributed by atoms with Gasteiger partial charge >= 0.3 is 0 Å². The summed E-state index contributed by atoms with van der Waals surface area (Å²) in [5.41, 5.74) is 4.09. The van der Waals surface area contributed by atoms with Gasteiger partial charge in [-0.2, -0.15) is 0 Å². The minimum atomic E-state index is -4.60. The van der Waals surface area contributed by atoms with Crippen LogP contribution in [-0.4, -0.2) is 71.9 Å². The first-order chi connectivity index (χ1) is 29.4. The number of hydrogen-bond donors (Lipinski definition) is 3. The van der Waals surface area contributed by atoms with Crippen molar-refractivity contribution in [3.05, 3.63) is 106 Å². The summed E-state index contributed by atoms with van der Waals surface area (Å²) in [7, 11) is -4.60. The third-order valence-electron chi connectivity index (χ3n) is 14.1. The standard InChI is InChI=1S/C46H51N7O7S/c1-29(2)35-7-3-4-8-36(35)38-9-5-18-52(38)32-25-45(26-32)15-19-51(20-16-45)31-10-11-37(40(22-31)60-33-21-30-12-17-47-43(30)48-27-33)44(54)50-61(57,58)34-23-39(53(55)56)42-41(24-34)59-28-46(49-42)13-6-14-46/h3-4,7-8,10-12,17,21-24,27,29,32,38,49H,5-6,9,13-16,18-20,25-26,28H2,1-2H3,(H,47,48)(H,50,54)/t38-/m0/s1. The lowest BCUT2D eigenvalue weighted by Gasteiger charge is -2.56. The van der Waals surface area contributed by atoms with Gasteiger partial charge in [0.05, 0.1) is 27.1 Å². The number of pyridine rings is 1. The van der Waals surface area contributed by atoms with E-state index >= 15 is 0 Å². The fraction of sp³-hybridized carbons (Fsp3) is 0.435. The molecule has 4 fully saturated rings. The molecule has 2 saturated carbocycles. The van der Waals surface area contributed by atoms with Gasteiger partial charge in [-0.3, -0.25) is 19.8 Å². The lowest BCUT2D eigenvalue weighted by molar-refractivity contribution is -0.384. The normalized spacial score (nSPS) is 20.8. The number of carbonyl (C=O) groups excluding carboxylic acids is 1. The van der Waals surface area contributed by atoms with Crippen LogP contribution in [0.2, 0.25) is 0 Å². The molecule has 1 atom stereocenters. The van der Waals surface area contributed by atoms with Crippen molar-refractivity contribution in [1.82, 2.24) is 19.6 Å². The van der Waals surface area contributed by atoms with Gasteiger partial charge in [0.15, 0.2) is 11.4 Å². The minimum Gasteiger partial charge on any atom is -0.489 e. The number of nitrogens with zero attached hydrogens (tertiary/aromatic N) is 4. The smallest absolute Gasteiger partial charge is 0.297 e. The number of anilines is 2. The number of nitrogens with one attached hydrogen (secondary N) is 3. The van der Waals surface area contributed by atoms with Gasteiger partial charge < -0.3 is 24.7 Å². The van der Waals surface area contributed by atoms with Crippen LogP contribution in [0.4, 0.5) is 17.1 Å². The Morgan fingerprint density at radius 3 is 2.57 bits per heavy atom. The van der Waals surface area contributed by atoms with Crippen LogP contribution >= 0.6 is 0 Å². The fourth-order valence-electron chi connectivity index (χ4n) is 10.5. The molecule has 2 saturated heterocycles. The molecule has 0 unspecified atom stereocenters. The number of fused-ring (bicyclic) bond motifs is 2. The van der Waals surface area contributed by atoms with Gasteiger partial charge in [0.25, 0.3) is 21.6 Å². The van der Waals surface area contributed by atoms with E-state index in [-0.39, 0.29) is 29.4 Å². The van der Waals surface area contributed by atoms with Gasteiger partial charge in [-0.1, -0.05) is 38.1 Å². The number of rotatable bonds is 10. The Balaban J connectivity index is 0.869. The van der Waals surface area contributed by atoms with E-state index < -0.39 is 37.0 Å². The Morgan fingerprint density at radius 2 is 1.82 bits per heavy atom. The summed E-state index contributed by atoms with van der Waals surface area (Å²) in [6.07, 6.45) is 12.8. The molecule has 61 heavy (non-hydrogen) atoms.